The van der Waals surface area contributed by atoms with Crippen molar-refractivity contribution in [1.29, 1.82) is 0 Å². The van der Waals surface area contributed by atoms with Crippen molar-refractivity contribution in [2.24, 2.45) is 5.84 Å². The lowest BCUT2D eigenvalue weighted by Crippen LogP contribution is -2.14. The van der Waals surface area contributed by atoms with Gasteiger partial charge in [0, 0.05) is 17.0 Å². The lowest BCUT2D eigenvalue weighted by molar-refractivity contribution is -0.384. The molecule has 0 unspecified atom stereocenters. The van der Waals surface area contributed by atoms with Crippen LogP contribution in [-0.4, -0.2) is 15.8 Å². The van der Waals surface area contributed by atoms with Gasteiger partial charge in [-0.2, -0.15) is 0 Å². The predicted octanol–water partition coefficient (Wildman–Crippen LogP) is 2.55. The summed E-state index contributed by atoms with van der Waals surface area (Å²) in [6.45, 7) is 1.79. The van der Waals surface area contributed by atoms with Gasteiger partial charge in [0.25, 0.3) is 11.6 Å². The summed E-state index contributed by atoms with van der Waals surface area (Å²) >= 11 is 7.14. The highest BCUT2D eigenvalue weighted by Crippen LogP contribution is 2.33. The first kappa shape index (κ1) is 15.2. The van der Waals surface area contributed by atoms with Crippen LogP contribution in [-0.2, 0) is 0 Å². The molecule has 1 aromatic carbocycles. The Morgan fingerprint density at radius 2 is 2.24 bits per heavy atom. The summed E-state index contributed by atoms with van der Waals surface area (Å²) < 4.78 is 0. The molecule has 0 aliphatic heterocycles. The second-order valence-electron chi connectivity index (χ2n) is 4.00. The largest absolute Gasteiger partial charge is 0.317 e. The molecule has 10 heteroatoms. The van der Waals surface area contributed by atoms with Gasteiger partial charge in [-0.3, -0.25) is 26.1 Å². The van der Waals surface area contributed by atoms with Gasteiger partial charge in [-0.1, -0.05) is 11.6 Å². The van der Waals surface area contributed by atoms with E-state index in [0.29, 0.717) is 5.13 Å². The van der Waals surface area contributed by atoms with Crippen LogP contribution in [0.4, 0.5) is 16.5 Å². The molecule has 2 aromatic rings. The van der Waals surface area contributed by atoms with Gasteiger partial charge in [0.15, 0.2) is 5.13 Å². The Morgan fingerprint density at radius 3 is 2.76 bits per heavy atom. The number of carbonyl (C=O) groups is 1. The smallest absolute Gasteiger partial charge is 0.295 e. The normalized spacial score (nSPS) is 10.2. The summed E-state index contributed by atoms with van der Waals surface area (Å²) in [5.74, 6) is 4.65. The van der Waals surface area contributed by atoms with Crippen LogP contribution in [0.5, 0.6) is 0 Å². The Hall–Kier alpha value is -2.23. The number of thiazole rings is 1. The third-order valence-electron chi connectivity index (χ3n) is 2.51. The number of nitrogens with zero attached hydrogens (tertiary/aromatic N) is 2. The molecule has 1 aromatic heterocycles. The highest BCUT2D eigenvalue weighted by molar-refractivity contribution is 7.13. The molecule has 1 amide bonds. The van der Waals surface area contributed by atoms with Crippen LogP contribution in [0.3, 0.4) is 0 Å². The minimum Gasteiger partial charge on any atom is -0.317 e. The number of nitrogens with one attached hydrogen (secondary N) is 2. The molecular formula is C11H10ClN5O3S. The summed E-state index contributed by atoms with van der Waals surface area (Å²) in [6, 6.07) is 2.39. The number of hydrogen-bond donors (Lipinski definition) is 3. The summed E-state index contributed by atoms with van der Waals surface area (Å²) in [6.07, 6.45) is 0. The van der Waals surface area contributed by atoms with E-state index in [1.54, 1.807) is 12.3 Å². The topological polar surface area (TPSA) is 123 Å². The highest BCUT2D eigenvalue weighted by atomic mass is 35.5. The number of halogens is 1. The Labute approximate surface area is 128 Å². The minimum atomic E-state index is -0.675. The molecule has 8 nitrogen and oxygen atoms in total. The maximum atomic E-state index is 12.1. The summed E-state index contributed by atoms with van der Waals surface area (Å²) in [5.41, 5.74) is 2.52. The van der Waals surface area contributed by atoms with Crippen molar-refractivity contribution in [2.75, 3.05) is 10.7 Å². The molecule has 0 radical (unpaired) electrons. The molecule has 0 saturated heterocycles. The Kier molecular flexibility index (Phi) is 4.36. The summed E-state index contributed by atoms with van der Waals surface area (Å²) in [7, 11) is 0. The van der Waals surface area contributed by atoms with Crippen molar-refractivity contribution in [3.8, 4) is 0 Å². The van der Waals surface area contributed by atoms with Gasteiger partial charge in [-0.05, 0) is 13.0 Å². The SMILES string of the molecule is Cc1csc(NC(=O)c2cc(Cl)c(NN)c([N+](=O)[O-])c2)n1. The van der Waals surface area contributed by atoms with Crippen LogP contribution in [0, 0.1) is 17.0 Å². The number of hydrazine groups is 1. The quantitative estimate of drug-likeness (QED) is 0.450. The average molecular weight is 328 g/mol. The molecule has 0 atom stereocenters. The van der Waals surface area contributed by atoms with E-state index in [1.165, 1.54) is 17.4 Å². The number of amides is 1. The molecule has 21 heavy (non-hydrogen) atoms. The van der Waals surface area contributed by atoms with Gasteiger partial charge >= 0.3 is 0 Å². The summed E-state index contributed by atoms with van der Waals surface area (Å²) in [4.78, 5) is 26.5. The number of hydrogen-bond acceptors (Lipinski definition) is 7. The van der Waals surface area contributed by atoms with Gasteiger partial charge in [0.1, 0.15) is 5.69 Å². The number of nitrogens with two attached hydrogens (primary N) is 1. The minimum absolute atomic E-state index is 0.0211. The van der Waals surface area contributed by atoms with Crippen molar-refractivity contribution < 1.29 is 9.72 Å². The molecule has 2 rings (SSSR count). The molecule has 0 spiro atoms. The zero-order chi connectivity index (χ0) is 15.6. The van der Waals surface area contributed by atoms with Crippen LogP contribution in [0.2, 0.25) is 5.02 Å². The lowest BCUT2D eigenvalue weighted by Gasteiger charge is -2.07. The van der Waals surface area contributed by atoms with E-state index in [2.05, 4.69) is 15.7 Å². The van der Waals surface area contributed by atoms with E-state index >= 15 is 0 Å². The number of carbonyl (C=O) groups excluding carboxylic acids is 1. The number of nitrogen functional groups attached to an aromatic ring is 1. The van der Waals surface area contributed by atoms with E-state index in [0.717, 1.165) is 11.8 Å². The number of nitro benzene ring substituents is 1. The number of aromatic nitrogens is 1. The number of rotatable bonds is 4. The molecule has 0 bridgehead atoms. The standard InChI is InChI=1S/C11H10ClN5O3S/c1-5-4-21-11(14-5)15-10(18)6-2-7(12)9(16-13)8(3-6)17(19)20/h2-4,16H,13H2,1H3,(H,14,15,18). The first-order chi connectivity index (χ1) is 9.92. The van der Waals surface area contributed by atoms with Crippen molar-refractivity contribution in [2.45, 2.75) is 6.92 Å². The molecule has 0 fully saturated rings. The van der Waals surface area contributed by atoms with E-state index in [4.69, 9.17) is 17.4 Å². The van der Waals surface area contributed by atoms with Gasteiger partial charge < -0.3 is 5.43 Å². The molecule has 4 N–H and O–H groups in total. The lowest BCUT2D eigenvalue weighted by atomic mass is 10.1. The molecule has 1 heterocycles. The summed E-state index contributed by atoms with van der Waals surface area (Å²) in [5, 5.41) is 15.7. The molecule has 110 valence electrons. The van der Waals surface area contributed by atoms with Crippen LogP contribution < -0.4 is 16.6 Å². The van der Waals surface area contributed by atoms with Crippen LogP contribution >= 0.6 is 22.9 Å². The zero-order valence-electron chi connectivity index (χ0n) is 10.7. The Bertz CT molecular complexity index is 718. The number of benzene rings is 1. The highest BCUT2D eigenvalue weighted by Gasteiger charge is 2.21. The fraction of sp³-hybridized carbons (Fsp3) is 0.0909. The first-order valence-electron chi connectivity index (χ1n) is 5.60. The molecule has 0 saturated carbocycles. The number of nitro groups is 1. The van der Waals surface area contributed by atoms with Crippen molar-refractivity contribution in [3.63, 3.8) is 0 Å². The van der Waals surface area contributed by atoms with Gasteiger partial charge in [0.2, 0.25) is 0 Å². The third kappa shape index (κ3) is 3.27. The van der Waals surface area contributed by atoms with Crippen molar-refractivity contribution in [3.05, 3.63) is 43.9 Å². The predicted molar refractivity (Wildman–Crippen MR) is 80.7 cm³/mol. The fourth-order valence-electron chi connectivity index (χ4n) is 1.59. The maximum Gasteiger partial charge on any atom is 0.295 e. The Balaban J connectivity index is 2.35. The number of aryl methyl sites for hydroxylation is 1. The molecular weight excluding hydrogens is 318 g/mol. The van der Waals surface area contributed by atoms with E-state index < -0.39 is 10.8 Å². The molecule has 0 aliphatic rings. The number of anilines is 2. The van der Waals surface area contributed by atoms with Crippen LogP contribution in [0.1, 0.15) is 16.1 Å². The third-order valence-corrected chi connectivity index (χ3v) is 3.69. The zero-order valence-corrected chi connectivity index (χ0v) is 12.3. The maximum absolute atomic E-state index is 12.1. The van der Waals surface area contributed by atoms with Gasteiger partial charge in [-0.25, -0.2) is 4.98 Å². The van der Waals surface area contributed by atoms with Gasteiger partial charge in [0.05, 0.1) is 15.6 Å². The molecule has 0 aliphatic carbocycles. The van der Waals surface area contributed by atoms with E-state index in [-0.39, 0.29) is 22.0 Å². The fourth-order valence-corrected chi connectivity index (χ4v) is 2.54. The van der Waals surface area contributed by atoms with Crippen LogP contribution in [0.15, 0.2) is 17.5 Å². The second-order valence-corrected chi connectivity index (χ2v) is 5.27. The van der Waals surface area contributed by atoms with Crippen LogP contribution in [0.25, 0.3) is 0 Å². The first-order valence-corrected chi connectivity index (χ1v) is 6.86. The van der Waals surface area contributed by atoms with E-state index in [9.17, 15) is 14.9 Å². The van der Waals surface area contributed by atoms with Crippen molar-refractivity contribution >= 4 is 45.4 Å². The average Bonchev–Trinajstić information content (AvgIpc) is 2.82. The second kappa shape index (κ2) is 6.04. The van der Waals surface area contributed by atoms with Gasteiger partial charge in [-0.15, -0.1) is 11.3 Å². The van der Waals surface area contributed by atoms with Crippen molar-refractivity contribution in [1.82, 2.24) is 4.98 Å². The van der Waals surface area contributed by atoms with E-state index in [1.807, 2.05) is 0 Å². The monoisotopic (exact) mass is 327 g/mol. The Morgan fingerprint density at radius 1 is 1.52 bits per heavy atom.